The van der Waals surface area contributed by atoms with Crippen molar-refractivity contribution in [1.82, 2.24) is 0 Å². The van der Waals surface area contributed by atoms with Crippen LogP contribution < -0.4 is 10.6 Å². The fraction of sp³-hybridized carbons (Fsp3) is 0.250. The van der Waals surface area contributed by atoms with Crippen molar-refractivity contribution in [2.45, 2.75) is 32.7 Å². The maximum absolute atomic E-state index is 12.0. The second kappa shape index (κ2) is 6.69. The first-order chi connectivity index (χ1) is 11.2. The minimum Gasteiger partial charge on any atom is -0.380 e. The standard InChI is InChI=1S/C20H22N2O/c1-3-17-13-19(23)22-18-9-5-8-16(20(18)21-17)11-10-15-7-4-6-14(2)12-15/h4-12,17,21H,3,13H2,1-2H3,(H,22,23)/b11-10+/t17-/m1/s1. The molecule has 1 heterocycles. The highest BCUT2D eigenvalue weighted by atomic mass is 16.1. The minimum absolute atomic E-state index is 0.0721. The number of nitrogens with one attached hydrogen (secondary N) is 2. The van der Waals surface area contributed by atoms with Crippen molar-refractivity contribution in [3.63, 3.8) is 0 Å². The van der Waals surface area contributed by atoms with Crippen LogP contribution >= 0.6 is 0 Å². The highest BCUT2D eigenvalue weighted by molar-refractivity contribution is 5.98. The van der Waals surface area contributed by atoms with E-state index >= 15 is 0 Å². The van der Waals surface area contributed by atoms with Crippen molar-refractivity contribution in [1.29, 1.82) is 0 Å². The van der Waals surface area contributed by atoms with Crippen LogP contribution in [0.5, 0.6) is 0 Å². The fourth-order valence-corrected chi connectivity index (χ4v) is 2.86. The lowest BCUT2D eigenvalue weighted by Crippen LogP contribution is -2.21. The van der Waals surface area contributed by atoms with E-state index in [1.54, 1.807) is 0 Å². The van der Waals surface area contributed by atoms with Gasteiger partial charge in [-0.15, -0.1) is 0 Å². The Hall–Kier alpha value is -2.55. The zero-order valence-electron chi connectivity index (χ0n) is 13.6. The highest BCUT2D eigenvalue weighted by Crippen LogP contribution is 2.31. The molecule has 118 valence electrons. The van der Waals surface area contributed by atoms with Gasteiger partial charge in [0.2, 0.25) is 5.91 Å². The molecular weight excluding hydrogens is 284 g/mol. The van der Waals surface area contributed by atoms with E-state index in [4.69, 9.17) is 0 Å². The Labute approximate surface area is 137 Å². The smallest absolute Gasteiger partial charge is 0.226 e. The number of hydrogen-bond acceptors (Lipinski definition) is 2. The molecule has 3 heteroatoms. The number of rotatable bonds is 3. The first-order valence-corrected chi connectivity index (χ1v) is 8.10. The monoisotopic (exact) mass is 306 g/mol. The van der Waals surface area contributed by atoms with Gasteiger partial charge in [-0.3, -0.25) is 4.79 Å². The fourth-order valence-electron chi connectivity index (χ4n) is 2.86. The van der Waals surface area contributed by atoms with Gasteiger partial charge in [-0.2, -0.15) is 0 Å². The number of aryl methyl sites for hydroxylation is 1. The third-order valence-electron chi connectivity index (χ3n) is 4.14. The third-order valence-corrected chi connectivity index (χ3v) is 4.14. The van der Waals surface area contributed by atoms with Gasteiger partial charge in [0, 0.05) is 12.5 Å². The van der Waals surface area contributed by atoms with E-state index < -0.39 is 0 Å². The maximum atomic E-state index is 12.0. The van der Waals surface area contributed by atoms with Gasteiger partial charge in [0.25, 0.3) is 0 Å². The second-order valence-electron chi connectivity index (χ2n) is 6.02. The minimum atomic E-state index is 0.0721. The van der Waals surface area contributed by atoms with Crippen LogP contribution in [0.3, 0.4) is 0 Å². The van der Waals surface area contributed by atoms with Gasteiger partial charge in [0.05, 0.1) is 11.4 Å². The summed E-state index contributed by atoms with van der Waals surface area (Å²) in [4.78, 5) is 12.0. The van der Waals surface area contributed by atoms with E-state index in [2.05, 4.69) is 67.0 Å². The van der Waals surface area contributed by atoms with Gasteiger partial charge in [-0.05, 0) is 30.5 Å². The topological polar surface area (TPSA) is 41.1 Å². The molecule has 2 N–H and O–H groups in total. The summed E-state index contributed by atoms with van der Waals surface area (Å²) >= 11 is 0. The number of benzene rings is 2. The molecule has 1 amide bonds. The summed E-state index contributed by atoms with van der Waals surface area (Å²) < 4.78 is 0. The summed E-state index contributed by atoms with van der Waals surface area (Å²) in [6, 6.07) is 14.6. The molecule has 1 aliphatic rings. The zero-order valence-corrected chi connectivity index (χ0v) is 13.6. The van der Waals surface area contributed by atoms with Crippen LogP contribution in [0.25, 0.3) is 12.2 Å². The van der Waals surface area contributed by atoms with Crippen molar-refractivity contribution < 1.29 is 4.79 Å². The number of carbonyl (C=O) groups is 1. The quantitative estimate of drug-likeness (QED) is 0.807. The number of anilines is 2. The lowest BCUT2D eigenvalue weighted by atomic mass is 10.1. The van der Waals surface area contributed by atoms with Crippen molar-refractivity contribution >= 4 is 29.4 Å². The van der Waals surface area contributed by atoms with Gasteiger partial charge in [-0.1, -0.05) is 61.0 Å². The molecule has 3 nitrogen and oxygen atoms in total. The number of para-hydroxylation sites is 1. The Bertz CT molecular complexity index is 749. The molecule has 0 aliphatic carbocycles. The zero-order chi connectivity index (χ0) is 16.2. The van der Waals surface area contributed by atoms with Crippen LogP contribution in [0, 0.1) is 6.92 Å². The Kier molecular flexibility index (Phi) is 4.47. The van der Waals surface area contributed by atoms with Crippen LogP contribution in [-0.4, -0.2) is 11.9 Å². The summed E-state index contributed by atoms with van der Waals surface area (Å²) in [6.45, 7) is 4.19. The van der Waals surface area contributed by atoms with Gasteiger partial charge in [0.15, 0.2) is 0 Å². The van der Waals surface area contributed by atoms with Crippen LogP contribution in [-0.2, 0) is 4.79 Å². The molecule has 0 spiro atoms. The largest absolute Gasteiger partial charge is 0.380 e. The number of hydrogen-bond donors (Lipinski definition) is 2. The molecule has 2 aromatic rings. The third kappa shape index (κ3) is 3.62. The van der Waals surface area contributed by atoms with E-state index in [-0.39, 0.29) is 11.9 Å². The molecule has 23 heavy (non-hydrogen) atoms. The average molecular weight is 306 g/mol. The van der Waals surface area contributed by atoms with E-state index in [9.17, 15) is 4.79 Å². The lowest BCUT2D eigenvalue weighted by Gasteiger charge is -2.16. The average Bonchev–Trinajstić information content (AvgIpc) is 2.70. The lowest BCUT2D eigenvalue weighted by molar-refractivity contribution is -0.116. The molecule has 0 radical (unpaired) electrons. The highest BCUT2D eigenvalue weighted by Gasteiger charge is 2.20. The summed E-state index contributed by atoms with van der Waals surface area (Å²) in [5.41, 5.74) is 5.37. The first kappa shape index (κ1) is 15.3. The SMILES string of the molecule is CC[C@@H]1CC(=O)Nc2cccc(/C=C/c3cccc(C)c3)c2N1. The predicted molar refractivity (Wildman–Crippen MR) is 97.5 cm³/mol. The van der Waals surface area contributed by atoms with Crippen LogP contribution in [0.2, 0.25) is 0 Å². The van der Waals surface area contributed by atoms with Crippen molar-refractivity contribution in [2.75, 3.05) is 10.6 Å². The number of amides is 1. The Morgan fingerprint density at radius 1 is 1.17 bits per heavy atom. The second-order valence-corrected chi connectivity index (χ2v) is 6.02. The molecule has 2 aromatic carbocycles. The number of fused-ring (bicyclic) bond motifs is 1. The van der Waals surface area contributed by atoms with E-state index in [0.717, 1.165) is 23.4 Å². The van der Waals surface area contributed by atoms with E-state index in [1.807, 2.05) is 12.1 Å². The molecule has 0 aromatic heterocycles. The molecule has 0 saturated carbocycles. The molecule has 3 rings (SSSR count). The molecule has 1 aliphatic heterocycles. The Morgan fingerprint density at radius 3 is 2.78 bits per heavy atom. The summed E-state index contributed by atoms with van der Waals surface area (Å²) in [6.07, 6.45) is 5.64. The van der Waals surface area contributed by atoms with Crippen LogP contribution in [0.15, 0.2) is 42.5 Å². The molecule has 1 atom stereocenters. The molecule has 0 bridgehead atoms. The van der Waals surface area contributed by atoms with Gasteiger partial charge < -0.3 is 10.6 Å². The Morgan fingerprint density at radius 2 is 2.00 bits per heavy atom. The van der Waals surface area contributed by atoms with E-state index in [1.165, 1.54) is 11.1 Å². The normalized spacial score (nSPS) is 17.3. The van der Waals surface area contributed by atoms with Crippen LogP contribution in [0.4, 0.5) is 11.4 Å². The first-order valence-electron chi connectivity index (χ1n) is 8.10. The molecule has 0 saturated heterocycles. The van der Waals surface area contributed by atoms with Crippen molar-refractivity contribution in [2.24, 2.45) is 0 Å². The molecular formula is C20H22N2O. The summed E-state index contributed by atoms with van der Waals surface area (Å²) in [5.74, 6) is 0.0721. The van der Waals surface area contributed by atoms with Gasteiger partial charge in [-0.25, -0.2) is 0 Å². The van der Waals surface area contributed by atoms with Gasteiger partial charge >= 0.3 is 0 Å². The Balaban J connectivity index is 1.95. The van der Waals surface area contributed by atoms with Crippen molar-refractivity contribution in [3.05, 3.63) is 59.2 Å². The predicted octanol–water partition coefficient (Wildman–Crippen LogP) is 4.70. The van der Waals surface area contributed by atoms with Crippen LogP contribution in [0.1, 0.15) is 36.5 Å². The van der Waals surface area contributed by atoms with Crippen molar-refractivity contribution in [3.8, 4) is 0 Å². The van der Waals surface area contributed by atoms with Gasteiger partial charge in [0.1, 0.15) is 0 Å². The number of carbonyl (C=O) groups excluding carboxylic acids is 1. The summed E-state index contributed by atoms with van der Waals surface area (Å²) in [5, 5.41) is 6.52. The molecule has 0 unspecified atom stereocenters. The van der Waals surface area contributed by atoms with E-state index in [0.29, 0.717) is 6.42 Å². The summed E-state index contributed by atoms with van der Waals surface area (Å²) in [7, 11) is 0. The maximum Gasteiger partial charge on any atom is 0.226 e. The molecule has 0 fully saturated rings.